The van der Waals surface area contributed by atoms with E-state index in [1.807, 2.05) is 6.92 Å². The molecular formula is C12H19N3O. The Bertz CT molecular complexity index is 348. The zero-order valence-electron chi connectivity index (χ0n) is 9.99. The summed E-state index contributed by atoms with van der Waals surface area (Å²) in [6.07, 6.45) is 2.13. The molecule has 4 heteroatoms. The molecular weight excluding hydrogens is 202 g/mol. The molecule has 1 atom stereocenters. The summed E-state index contributed by atoms with van der Waals surface area (Å²) >= 11 is 0. The van der Waals surface area contributed by atoms with Gasteiger partial charge in [0.15, 0.2) is 0 Å². The van der Waals surface area contributed by atoms with Gasteiger partial charge < -0.3 is 10.1 Å². The summed E-state index contributed by atoms with van der Waals surface area (Å²) in [6.45, 7) is 6.53. The Balaban J connectivity index is 2.18. The van der Waals surface area contributed by atoms with Gasteiger partial charge in [0, 0.05) is 17.9 Å². The molecule has 2 rings (SSSR count). The normalized spacial score (nSPS) is 21.0. The maximum absolute atomic E-state index is 5.43. The number of morpholine rings is 1. The minimum absolute atomic E-state index is 0.157. The lowest BCUT2D eigenvalue weighted by Gasteiger charge is -2.23. The molecule has 0 bridgehead atoms. The summed E-state index contributed by atoms with van der Waals surface area (Å²) in [7, 11) is 0. The summed E-state index contributed by atoms with van der Waals surface area (Å²) < 4.78 is 5.43. The zero-order valence-corrected chi connectivity index (χ0v) is 9.99. The highest BCUT2D eigenvalue weighted by atomic mass is 16.5. The SMILES string of the molecule is CCCc1cc(C)nc(C2COCCN2)n1. The topological polar surface area (TPSA) is 47.0 Å². The predicted octanol–water partition coefficient (Wildman–Crippen LogP) is 1.40. The fourth-order valence-electron chi connectivity index (χ4n) is 1.93. The first-order valence-corrected chi connectivity index (χ1v) is 5.95. The molecule has 4 nitrogen and oxygen atoms in total. The minimum Gasteiger partial charge on any atom is -0.378 e. The molecule has 1 saturated heterocycles. The molecule has 1 aromatic rings. The van der Waals surface area contributed by atoms with Crippen LogP contribution in [0.2, 0.25) is 0 Å². The first-order valence-electron chi connectivity index (χ1n) is 5.95. The van der Waals surface area contributed by atoms with Crippen molar-refractivity contribution in [3.05, 3.63) is 23.3 Å². The van der Waals surface area contributed by atoms with Crippen LogP contribution >= 0.6 is 0 Å². The third-order valence-electron chi connectivity index (χ3n) is 2.66. The average molecular weight is 221 g/mol. The average Bonchev–Trinajstić information content (AvgIpc) is 2.30. The largest absolute Gasteiger partial charge is 0.378 e. The maximum Gasteiger partial charge on any atom is 0.148 e. The molecule has 1 unspecified atom stereocenters. The van der Waals surface area contributed by atoms with Crippen LogP contribution in [0.1, 0.15) is 36.6 Å². The van der Waals surface area contributed by atoms with Crippen molar-refractivity contribution in [3.63, 3.8) is 0 Å². The second-order valence-electron chi connectivity index (χ2n) is 4.19. The first kappa shape index (κ1) is 11.5. The first-order chi connectivity index (χ1) is 7.79. The molecule has 2 heterocycles. The van der Waals surface area contributed by atoms with Crippen LogP contribution in [0.15, 0.2) is 6.07 Å². The number of rotatable bonds is 3. The molecule has 1 aliphatic rings. The van der Waals surface area contributed by atoms with E-state index in [1.165, 1.54) is 0 Å². The van der Waals surface area contributed by atoms with E-state index in [4.69, 9.17) is 4.74 Å². The fourth-order valence-corrected chi connectivity index (χ4v) is 1.93. The lowest BCUT2D eigenvalue weighted by Crippen LogP contribution is -2.35. The van der Waals surface area contributed by atoms with Crippen LogP contribution in [0.5, 0.6) is 0 Å². The van der Waals surface area contributed by atoms with Gasteiger partial charge in [-0.25, -0.2) is 9.97 Å². The highest BCUT2D eigenvalue weighted by Gasteiger charge is 2.18. The number of hydrogen-bond donors (Lipinski definition) is 1. The fraction of sp³-hybridized carbons (Fsp3) is 0.667. The van der Waals surface area contributed by atoms with Gasteiger partial charge in [-0.1, -0.05) is 13.3 Å². The van der Waals surface area contributed by atoms with Gasteiger partial charge in [-0.2, -0.15) is 0 Å². The van der Waals surface area contributed by atoms with Gasteiger partial charge in [0.1, 0.15) is 5.82 Å². The minimum atomic E-state index is 0.157. The van der Waals surface area contributed by atoms with E-state index in [2.05, 4.69) is 28.3 Å². The van der Waals surface area contributed by atoms with Crippen LogP contribution in [0.3, 0.4) is 0 Å². The Morgan fingerprint density at radius 1 is 1.50 bits per heavy atom. The summed E-state index contributed by atoms with van der Waals surface area (Å²) in [5.74, 6) is 0.878. The Kier molecular flexibility index (Phi) is 3.85. The van der Waals surface area contributed by atoms with Gasteiger partial charge in [-0.15, -0.1) is 0 Å². The number of aryl methyl sites for hydroxylation is 2. The number of nitrogens with one attached hydrogen (secondary N) is 1. The molecule has 1 fully saturated rings. The van der Waals surface area contributed by atoms with Crippen LogP contribution in [0.25, 0.3) is 0 Å². The highest BCUT2D eigenvalue weighted by Crippen LogP contribution is 2.13. The smallest absolute Gasteiger partial charge is 0.148 e. The van der Waals surface area contributed by atoms with E-state index in [1.54, 1.807) is 0 Å². The van der Waals surface area contributed by atoms with Gasteiger partial charge in [0.25, 0.3) is 0 Å². The zero-order chi connectivity index (χ0) is 11.4. The molecule has 16 heavy (non-hydrogen) atoms. The number of ether oxygens (including phenoxy) is 1. The van der Waals surface area contributed by atoms with E-state index in [0.29, 0.717) is 6.61 Å². The Morgan fingerprint density at radius 3 is 3.06 bits per heavy atom. The predicted molar refractivity (Wildman–Crippen MR) is 62.3 cm³/mol. The lowest BCUT2D eigenvalue weighted by molar-refractivity contribution is 0.0741. The van der Waals surface area contributed by atoms with Crippen LogP contribution in [-0.2, 0) is 11.2 Å². The molecule has 0 saturated carbocycles. The van der Waals surface area contributed by atoms with Crippen molar-refractivity contribution in [1.29, 1.82) is 0 Å². The molecule has 0 spiro atoms. The van der Waals surface area contributed by atoms with Crippen molar-refractivity contribution < 1.29 is 4.74 Å². The van der Waals surface area contributed by atoms with Gasteiger partial charge in [-0.05, 0) is 19.4 Å². The number of aromatic nitrogens is 2. The van der Waals surface area contributed by atoms with Gasteiger partial charge in [0.2, 0.25) is 0 Å². The quantitative estimate of drug-likeness (QED) is 0.838. The third-order valence-corrected chi connectivity index (χ3v) is 2.66. The van der Waals surface area contributed by atoms with Crippen LogP contribution < -0.4 is 5.32 Å². The third kappa shape index (κ3) is 2.77. The Morgan fingerprint density at radius 2 is 2.38 bits per heavy atom. The summed E-state index contributed by atoms with van der Waals surface area (Å²) in [5, 5.41) is 3.38. The number of hydrogen-bond acceptors (Lipinski definition) is 4. The summed E-state index contributed by atoms with van der Waals surface area (Å²) in [6, 6.07) is 2.22. The van der Waals surface area contributed by atoms with Crippen molar-refractivity contribution in [2.24, 2.45) is 0 Å². The number of nitrogens with zero attached hydrogens (tertiary/aromatic N) is 2. The van der Waals surface area contributed by atoms with Crippen LogP contribution in [-0.4, -0.2) is 29.7 Å². The van der Waals surface area contributed by atoms with Crippen molar-refractivity contribution in [3.8, 4) is 0 Å². The lowest BCUT2D eigenvalue weighted by atomic mass is 10.2. The Labute approximate surface area is 96.4 Å². The Hall–Kier alpha value is -1.00. The molecule has 0 aromatic carbocycles. The van der Waals surface area contributed by atoms with Crippen LogP contribution in [0.4, 0.5) is 0 Å². The van der Waals surface area contributed by atoms with E-state index in [0.717, 1.165) is 43.2 Å². The second kappa shape index (κ2) is 5.37. The molecule has 0 aliphatic carbocycles. The molecule has 0 radical (unpaired) electrons. The molecule has 1 aliphatic heterocycles. The molecule has 88 valence electrons. The summed E-state index contributed by atoms with van der Waals surface area (Å²) in [4.78, 5) is 9.08. The standard InChI is InChI=1S/C12H19N3O/c1-3-4-10-7-9(2)14-12(15-10)11-8-16-6-5-13-11/h7,11,13H,3-6,8H2,1-2H3. The maximum atomic E-state index is 5.43. The highest BCUT2D eigenvalue weighted by molar-refractivity contribution is 5.12. The van der Waals surface area contributed by atoms with E-state index in [9.17, 15) is 0 Å². The van der Waals surface area contributed by atoms with Gasteiger partial charge >= 0.3 is 0 Å². The second-order valence-corrected chi connectivity index (χ2v) is 4.19. The monoisotopic (exact) mass is 221 g/mol. The van der Waals surface area contributed by atoms with Gasteiger partial charge in [-0.3, -0.25) is 0 Å². The van der Waals surface area contributed by atoms with Crippen LogP contribution in [0, 0.1) is 6.92 Å². The van der Waals surface area contributed by atoms with Crippen molar-refractivity contribution in [2.75, 3.05) is 19.8 Å². The van der Waals surface area contributed by atoms with Crippen molar-refractivity contribution >= 4 is 0 Å². The molecule has 1 aromatic heterocycles. The van der Waals surface area contributed by atoms with E-state index in [-0.39, 0.29) is 6.04 Å². The van der Waals surface area contributed by atoms with E-state index >= 15 is 0 Å². The van der Waals surface area contributed by atoms with E-state index < -0.39 is 0 Å². The van der Waals surface area contributed by atoms with Gasteiger partial charge in [0.05, 0.1) is 19.3 Å². The molecule has 0 amide bonds. The molecule has 1 N–H and O–H groups in total. The van der Waals surface area contributed by atoms with Crippen molar-refractivity contribution in [2.45, 2.75) is 32.7 Å². The van der Waals surface area contributed by atoms with Crippen molar-refractivity contribution in [1.82, 2.24) is 15.3 Å². The summed E-state index contributed by atoms with van der Waals surface area (Å²) in [5.41, 5.74) is 2.18.